The molecule has 3 N–H and O–H groups in total. The molecule has 0 radical (unpaired) electrons. The van der Waals surface area contributed by atoms with E-state index in [9.17, 15) is 0 Å². The molecule has 0 aromatic heterocycles. The van der Waals surface area contributed by atoms with Crippen LogP contribution in [0.2, 0.25) is 5.02 Å². The summed E-state index contributed by atoms with van der Waals surface area (Å²) in [5.74, 6) is 6.64. The molecule has 112 valence electrons. The molecule has 0 saturated carbocycles. The molecule has 0 fully saturated rings. The largest absolute Gasteiger partial charge is 0.491 e. The number of hydrogen-bond donors (Lipinski definition) is 2. The number of para-hydroxylation sites is 1. The number of aryl methyl sites for hydroxylation is 1. The van der Waals surface area contributed by atoms with Crippen molar-refractivity contribution in [3.05, 3.63) is 64.2 Å². The predicted octanol–water partition coefficient (Wildman–Crippen LogP) is 3.99. The summed E-state index contributed by atoms with van der Waals surface area (Å²) in [6.45, 7) is 6.06. The maximum Gasteiger partial charge on any atom is 0.124 e. The summed E-state index contributed by atoms with van der Waals surface area (Å²) < 4.78 is 5.89. The Morgan fingerprint density at radius 2 is 1.81 bits per heavy atom. The van der Waals surface area contributed by atoms with Crippen molar-refractivity contribution in [2.24, 2.45) is 5.84 Å². The van der Waals surface area contributed by atoms with E-state index in [2.05, 4.69) is 5.43 Å². The molecule has 0 spiro atoms. The maximum absolute atomic E-state index is 6.13. The molecule has 2 aromatic carbocycles. The number of nitrogens with two attached hydrogens (primary N) is 1. The van der Waals surface area contributed by atoms with Gasteiger partial charge in [-0.1, -0.05) is 35.9 Å². The molecule has 0 heterocycles. The fraction of sp³-hybridized carbons (Fsp3) is 0.294. The van der Waals surface area contributed by atoms with Crippen LogP contribution in [0.15, 0.2) is 42.5 Å². The molecule has 1 atom stereocenters. The van der Waals surface area contributed by atoms with Gasteiger partial charge in [0, 0.05) is 10.6 Å². The molecular formula is C17H21ClN2O. The summed E-state index contributed by atoms with van der Waals surface area (Å²) in [5.41, 5.74) is 6.05. The fourth-order valence-electron chi connectivity index (χ4n) is 2.35. The highest BCUT2D eigenvalue weighted by atomic mass is 35.5. The van der Waals surface area contributed by atoms with Crippen LogP contribution in [-0.4, -0.2) is 6.10 Å². The van der Waals surface area contributed by atoms with E-state index in [4.69, 9.17) is 22.2 Å². The lowest BCUT2D eigenvalue weighted by Gasteiger charge is -2.23. The van der Waals surface area contributed by atoms with Gasteiger partial charge < -0.3 is 4.74 Å². The van der Waals surface area contributed by atoms with Gasteiger partial charge in [0.1, 0.15) is 5.75 Å². The fourth-order valence-corrected chi connectivity index (χ4v) is 2.53. The first-order valence-corrected chi connectivity index (χ1v) is 7.38. The second-order valence-electron chi connectivity index (χ2n) is 5.31. The van der Waals surface area contributed by atoms with Gasteiger partial charge >= 0.3 is 0 Å². The van der Waals surface area contributed by atoms with Gasteiger partial charge in [-0.05, 0) is 50.1 Å². The lowest BCUT2D eigenvalue weighted by molar-refractivity contribution is 0.238. The van der Waals surface area contributed by atoms with E-state index < -0.39 is 0 Å². The Labute approximate surface area is 131 Å². The van der Waals surface area contributed by atoms with Crippen molar-refractivity contribution in [2.45, 2.75) is 32.9 Å². The summed E-state index contributed by atoms with van der Waals surface area (Å²) in [6.07, 6.45) is 0.102. The van der Waals surface area contributed by atoms with Crippen molar-refractivity contribution in [3.8, 4) is 5.75 Å². The Kier molecular flexibility index (Phi) is 5.23. The Morgan fingerprint density at radius 3 is 2.48 bits per heavy atom. The second kappa shape index (κ2) is 6.94. The van der Waals surface area contributed by atoms with Crippen LogP contribution in [0, 0.1) is 6.92 Å². The normalized spacial score (nSPS) is 12.5. The molecule has 1 unspecified atom stereocenters. The number of hydrazine groups is 1. The number of rotatable bonds is 5. The zero-order valence-electron chi connectivity index (χ0n) is 12.6. The summed E-state index contributed by atoms with van der Waals surface area (Å²) in [6, 6.07) is 13.6. The van der Waals surface area contributed by atoms with Gasteiger partial charge in [-0.2, -0.15) is 0 Å². The quantitative estimate of drug-likeness (QED) is 0.648. The summed E-state index contributed by atoms with van der Waals surface area (Å²) >= 11 is 6.13. The highest BCUT2D eigenvalue weighted by Crippen LogP contribution is 2.32. The minimum atomic E-state index is -0.168. The molecule has 2 rings (SSSR count). The van der Waals surface area contributed by atoms with Crippen LogP contribution in [0.3, 0.4) is 0 Å². The Morgan fingerprint density at radius 1 is 1.10 bits per heavy atom. The van der Waals surface area contributed by atoms with Crippen molar-refractivity contribution in [1.29, 1.82) is 0 Å². The summed E-state index contributed by atoms with van der Waals surface area (Å²) in [4.78, 5) is 0. The number of hydrogen-bond acceptors (Lipinski definition) is 3. The molecular weight excluding hydrogens is 284 g/mol. The van der Waals surface area contributed by atoms with Crippen molar-refractivity contribution in [2.75, 3.05) is 0 Å². The standard InChI is InChI=1S/C17H21ClN2O/c1-11(2)21-16-7-5-4-6-14(16)17(20-19)15-10-13(18)9-8-12(15)3/h4-11,17,20H,19H2,1-3H3. The Balaban J connectivity index is 2.49. The third-order valence-corrected chi connectivity index (χ3v) is 3.55. The maximum atomic E-state index is 6.13. The van der Waals surface area contributed by atoms with Crippen LogP contribution < -0.4 is 16.0 Å². The van der Waals surface area contributed by atoms with Gasteiger partial charge in [0.2, 0.25) is 0 Å². The highest BCUT2D eigenvalue weighted by molar-refractivity contribution is 6.30. The molecule has 4 heteroatoms. The molecule has 2 aromatic rings. The lowest BCUT2D eigenvalue weighted by Crippen LogP contribution is -2.30. The molecule has 0 amide bonds. The molecule has 0 aliphatic carbocycles. The van der Waals surface area contributed by atoms with Crippen LogP contribution in [0.5, 0.6) is 5.75 Å². The van der Waals surface area contributed by atoms with Gasteiger partial charge in [-0.3, -0.25) is 5.84 Å². The van der Waals surface area contributed by atoms with E-state index in [1.807, 2.05) is 63.2 Å². The van der Waals surface area contributed by atoms with E-state index >= 15 is 0 Å². The third kappa shape index (κ3) is 3.76. The minimum absolute atomic E-state index is 0.102. The topological polar surface area (TPSA) is 47.3 Å². The van der Waals surface area contributed by atoms with Gasteiger partial charge in [0.25, 0.3) is 0 Å². The van der Waals surface area contributed by atoms with Crippen LogP contribution >= 0.6 is 11.6 Å². The molecule has 0 saturated heterocycles. The summed E-state index contributed by atoms with van der Waals surface area (Å²) in [5, 5.41) is 0.693. The number of halogens is 1. The Bertz CT molecular complexity index is 613. The minimum Gasteiger partial charge on any atom is -0.491 e. The number of nitrogens with one attached hydrogen (secondary N) is 1. The first-order chi connectivity index (χ1) is 10.0. The predicted molar refractivity (Wildman–Crippen MR) is 87.6 cm³/mol. The van der Waals surface area contributed by atoms with Gasteiger partial charge in [0.05, 0.1) is 12.1 Å². The Hall–Kier alpha value is -1.55. The van der Waals surface area contributed by atoms with E-state index in [0.29, 0.717) is 5.02 Å². The molecule has 21 heavy (non-hydrogen) atoms. The number of benzene rings is 2. The van der Waals surface area contributed by atoms with E-state index in [-0.39, 0.29) is 12.1 Å². The molecule has 0 aliphatic heterocycles. The molecule has 3 nitrogen and oxygen atoms in total. The van der Waals surface area contributed by atoms with Crippen molar-refractivity contribution in [1.82, 2.24) is 5.43 Å². The van der Waals surface area contributed by atoms with E-state index in [1.165, 1.54) is 0 Å². The van der Waals surface area contributed by atoms with Crippen molar-refractivity contribution >= 4 is 11.6 Å². The van der Waals surface area contributed by atoms with Gasteiger partial charge in [-0.15, -0.1) is 0 Å². The smallest absolute Gasteiger partial charge is 0.124 e. The average Bonchev–Trinajstić information content (AvgIpc) is 2.44. The van der Waals surface area contributed by atoms with Crippen molar-refractivity contribution in [3.63, 3.8) is 0 Å². The van der Waals surface area contributed by atoms with Crippen LogP contribution in [0.25, 0.3) is 0 Å². The van der Waals surface area contributed by atoms with E-state index in [0.717, 1.165) is 22.4 Å². The molecule has 0 aliphatic rings. The monoisotopic (exact) mass is 304 g/mol. The van der Waals surface area contributed by atoms with Gasteiger partial charge in [0.15, 0.2) is 0 Å². The van der Waals surface area contributed by atoms with E-state index in [1.54, 1.807) is 0 Å². The third-order valence-electron chi connectivity index (χ3n) is 3.31. The van der Waals surface area contributed by atoms with Crippen LogP contribution in [0.1, 0.15) is 36.6 Å². The second-order valence-corrected chi connectivity index (χ2v) is 5.74. The zero-order chi connectivity index (χ0) is 15.4. The first-order valence-electron chi connectivity index (χ1n) is 7.00. The number of ether oxygens (including phenoxy) is 1. The van der Waals surface area contributed by atoms with Gasteiger partial charge in [-0.25, -0.2) is 5.43 Å². The highest BCUT2D eigenvalue weighted by Gasteiger charge is 2.19. The summed E-state index contributed by atoms with van der Waals surface area (Å²) in [7, 11) is 0. The zero-order valence-corrected chi connectivity index (χ0v) is 13.3. The van der Waals surface area contributed by atoms with Crippen LogP contribution in [-0.2, 0) is 0 Å². The lowest BCUT2D eigenvalue weighted by atomic mass is 9.95. The van der Waals surface area contributed by atoms with Crippen LogP contribution in [0.4, 0.5) is 0 Å². The first kappa shape index (κ1) is 15.8. The molecule has 0 bridgehead atoms. The average molecular weight is 305 g/mol. The van der Waals surface area contributed by atoms with Crippen molar-refractivity contribution < 1.29 is 4.74 Å². The SMILES string of the molecule is Cc1ccc(Cl)cc1C(NN)c1ccccc1OC(C)C.